The monoisotopic (exact) mass is 385 g/mol. The van der Waals surface area contributed by atoms with Gasteiger partial charge in [-0.3, -0.25) is 9.59 Å². The van der Waals surface area contributed by atoms with E-state index >= 15 is 0 Å². The second-order valence-corrected chi connectivity index (χ2v) is 6.43. The van der Waals surface area contributed by atoms with Crippen LogP contribution in [0.5, 0.6) is 5.75 Å². The first-order valence-electron chi connectivity index (χ1n) is 8.90. The Labute approximate surface area is 168 Å². The summed E-state index contributed by atoms with van der Waals surface area (Å²) >= 11 is 0. The molecular formula is C23H19N3O3. The Hall–Kier alpha value is -4.11. The minimum absolute atomic E-state index is 0.217. The molecule has 3 aromatic rings. The number of rotatable bonds is 6. The van der Waals surface area contributed by atoms with Crippen molar-refractivity contribution >= 4 is 17.5 Å². The van der Waals surface area contributed by atoms with Gasteiger partial charge in [0.2, 0.25) is 5.91 Å². The van der Waals surface area contributed by atoms with Crippen LogP contribution in [-0.4, -0.2) is 11.8 Å². The number of hydrogen-bond donors (Lipinski definition) is 2. The fraction of sp³-hybridized carbons (Fsp3) is 0.0870. The Bertz CT molecular complexity index is 1120. The minimum atomic E-state index is -0.549. The van der Waals surface area contributed by atoms with E-state index in [0.717, 1.165) is 11.1 Å². The van der Waals surface area contributed by atoms with Gasteiger partial charge in [-0.15, -0.1) is 0 Å². The van der Waals surface area contributed by atoms with Crippen LogP contribution in [0.25, 0.3) is 0 Å². The Kier molecular flexibility index (Phi) is 5.91. The fourth-order valence-electron chi connectivity index (χ4n) is 2.81. The Morgan fingerprint density at radius 3 is 2.62 bits per heavy atom. The minimum Gasteiger partial charge on any atom is -0.489 e. The lowest BCUT2D eigenvalue weighted by atomic mass is 10.1. The highest BCUT2D eigenvalue weighted by Gasteiger charge is 2.11. The van der Waals surface area contributed by atoms with Crippen molar-refractivity contribution in [1.29, 1.82) is 5.26 Å². The van der Waals surface area contributed by atoms with Gasteiger partial charge in [0.1, 0.15) is 12.4 Å². The molecule has 0 atom stereocenters. The first kappa shape index (κ1) is 19.6. The van der Waals surface area contributed by atoms with Crippen LogP contribution in [-0.2, 0) is 6.61 Å². The summed E-state index contributed by atoms with van der Waals surface area (Å²) in [7, 11) is 0. The summed E-state index contributed by atoms with van der Waals surface area (Å²) < 4.78 is 5.75. The molecule has 0 bridgehead atoms. The summed E-state index contributed by atoms with van der Waals surface area (Å²) in [6.45, 7) is 1.99. The summed E-state index contributed by atoms with van der Waals surface area (Å²) in [6, 6.07) is 21.0. The quantitative estimate of drug-likeness (QED) is 0.673. The highest BCUT2D eigenvalue weighted by molar-refractivity contribution is 6.05. The van der Waals surface area contributed by atoms with Gasteiger partial charge >= 0.3 is 0 Å². The van der Waals surface area contributed by atoms with Gasteiger partial charge in [-0.1, -0.05) is 30.3 Å². The molecule has 0 aliphatic heterocycles. The Balaban J connectivity index is 1.72. The number of carbonyl (C=O) groups excluding carboxylic acids is 2. The lowest BCUT2D eigenvalue weighted by Gasteiger charge is -2.11. The lowest BCUT2D eigenvalue weighted by molar-refractivity contribution is 0.0995. The van der Waals surface area contributed by atoms with Crippen LogP contribution in [0.3, 0.4) is 0 Å². The number of benzene rings is 3. The van der Waals surface area contributed by atoms with E-state index in [1.54, 1.807) is 61.5 Å². The third kappa shape index (κ3) is 4.79. The number of nitriles is 1. The highest BCUT2D eigenvalue weighted by Crippen LogP contribution is 2.19. The second kappa shape index (κ2) is 8.72. The fourth-order valence-corrected chi connectivity index (χ4v) is 2.81. The number of ether oxygens (including phenoxy) is 1. The van der Waals surface area contributed by atoms with E-state index in [0.29, 0.717) is 28.1 Å². The van der Waals surface area contributed by atoms with Crippen LogP contribution >= 0.6 is 0 Å². The molecule has 0 unspecified atom stereocenters. The number of nitrogens with one attached hydrogen (secondary N) is 1. The summed E-state index contributed by atoms with van der Waals surface area (Å²) in [5.41, 5.74) is 8.65. The van der Waals surface area contributed by atoms with Crippen LogP contribution < -0.4 is 15.8 Å². The van der Waals surface area contributed by atoms with Gasteiger partial charge in [-0.2, -0.15) is 5.26 Å². The summed E-state index contributed by atoms with van der Waals surface area (Å²) in [4.78, 5) is 24.1. The van der Waals surface area contributed by atoms with Crippen molar-refractivity contribution in [1.82, 2.24) is 0 Å². The van der Waals surface area contributed by atoms with Gasteiger partial charge in [0.15, 0.2) is 0 Å². The van der Waals surface area contributed by atoms with Gasteiger partial charge in [-0.25, -0.2) is 0 Å². The molecule has 0 spiro atoms. The molecule has 144 valence electrons. The molecule has 3 aromatic carbocycles. The van der Waals surface area contributed by atoms with Gasteiger partial charge in [0.05, 0.1) is 11.6 Å². The molecule has 3 N–H and O–H groups in total. The largest absolute Gasteiger partial charge is 0.489 e. The molecule has 0 fully saturated rings. The average Bonchev–Trinajstić information content (AvgIpc) is 2.73. The molecule has 29 heavy (non-hydrogen) atoms. The van der Waals surface area contributed by atoms with E-state index in [-0.39, 0.29) is 12.5 Å². The van der Waals surface area contributed by atoms with Crippen LogP contribution in [0.15, 0.2) is 66.7 Å². The van der Waals surface area contributed by atoms with Crippen molar-refractivity contribution in [3.63, 3.8) is 0 Å². The van der Waals surface area contributed by atoms with Crippen molar-refractivity contribution in [2.75, 3.05) is 5.32 Å². The van der Waals surface area contributed by atoms with E-state index < -0.39 is 5.91 Å². The molecule has 0 aromatic heterocycles. The number of carbonyl (C=O) groups is 2. The van der Waals surface area contributed by atoms with E-state index in [1.165, 1.54) is 0 Å². The highest BCUT2D eigenvalue weighted by atomic mass is 16.5. The second-order valence-electron chi connectivity index (χ2n) is 6.43. The standard InChI is InChI=1S/C23H19N3O3/c1-15-9-10-19(12-21(15)22(25)27)26-23(28)16-7-4-8-20(11-16)29-14-18-6-3-2-5-17(18)13-24/h2-12H,14H2,1H3,(H2,25,27)(H,26,28). The van der Waals surface area contributed by atoms with Crippen LogP contribution in [0.4, 0.5) is 5.69 Å². The number of primary amides is 1. The molecule has 0 radical (unpaired) electrons. The van der Waals surface area contributed by atoms with E-state index in [4.69, 9.17) is 15.7 Å². The zero-order valence-electron chi connectivity index (χ0n) is 15.8. The third-order valence-electron chi connectivity index (χ3n) is 4.39. The maximum atomic E-state index is 12.6. The predicted molar refractivity (Wildman–Crippen MR) is 110 cm³/mol. The van der Waals surface area contributed by atoms with Crippen LogP contribution in [0.1, 0.15) is 37.4 Å². The molecular weight excluding hydrogens is 366 g/mol. The zero-order chi connectivity index (χ0) is 20.8. The molecule has 0 aliphatic rings. The van der Waals surface area contributed by atoms with Gasteiger partial charge in [0.25, 0.3) is 5.91 Å². The Morgan fingerprint density at radius 2 is 1.86 bits per heavy atom. The van der Waals surface area contributed by atoms with Crippen molar-refractivity contribution in [3.05, 3.63) is 94.5 Å². The third-order valence-corrected chi connectivity index (χ3v) is 4.39. The van der Waals surface area contributed by atoms with Crippen LogP contribution in [0, 0.1) is 18.3 Å². The number of nitrogens with zero attached hydrogens (tertiary/aromatic N) is 1. The topological polar surface area (TPSA) is 105 Å². The van der Waals surface area contributed by atoms with Gasteiger partial charge in [0, 0.05) is 22.4 Å². The van der Waals surface area contributed by atoms with Crippen molar-refractivity contribution in [3.8, 4) is 11.8 Å². The van der Waals surface area contributed by atoms with E-state index in [9.17, 15) is 9.59 Å². The SMILES string of the molecule is Cc1ccc(NC(=O)c2cccc(OCc3ccccc3C#N)c2)cc1C(N)=O. The smallest absolute Gasteiger partial charge is 0.255 e. The summed E-state index contributed by atoms with van der Waals surface area (Å²) in [5.74, 6) is -0.383. The molecule has 2 amide bonds. The molecule has 6 heteroatoms. The Morgan fingerprint density at radius 1 is 1.07 bits per heavy atom. The van der Waals surface area contributed by atoms with E-state index in [1.807, 2.05) is 12.1 Å². The number of hydrogen-bond acceptors (Lipinski definition) is 4. The maximum absolute atomic E-state index is 12.6. The molecule has 0 saturated carbocycles. The lowest BCUT2D eigenvalue weighted by Crippen LogP contribution is -2.15. The summed E-state index contributed by atoms with van der Waals surface area (Å²) in [5, 5.41) is 11.9. The number of amides is 2. The van der Waals surface area contributed by atoms with Crippen molar-refractivity contribution in [2.24, 2.45) is 5.73 Å². The predicted octanol–water partition coefficient (Wildman–Crippen LogP) is 3.80. The number of anilines is 1. The van der Waals surface area contributed by atoms with Crippen LogP contribution in [0.2, 0.25) is 0 Å². The molecule has 0 heterocycles. The normalized spacial score (nSPS) is 10.1. The molecule has 3 rings (SSSR count). The first-order valence-corrected chi connectivity index (χ1v) is 8.90. The number of aryl methyl sites for hydroxylation is 1. The first-order chi connectivity index (χ1) is 14.0. The molecule has 0 saturated heterocycles. The van der Waals surface area contributed by atoms with Gasteiger partial charge in [-0.05, 0) is 48.9 Å². The van der Waals surface area contributed by atoms with Gasteiger partial charge < -0.3 is 15.8 Å². The average molecular weight is 385 g/mol. The molecule has 0 aliphatic carbocycles. The maximum Gasteiger partial charge on any atom is 0.255 e. The number of nitrogens with two attached hydrogens (primary N) is 1. The van der Waals surface area contributed by atoms with Crippen molar-refractivity contribution in [2.45, 2.75) is 13.5 Å². The molecule has 6 nitrogen and oxygen atoms in total. The van der Waals surface area contributed by atoms with Crippen molar-refractivity contribution < 1.29 is 14.3 Å². The zero-order valence-corrected chi connectivity index (χ0v) is 15.8. The van der Waals surface area contributed by atoms with E-state index in [2.05, 4.69) is 11.4 Å². The summed E-state index contributed by atoms with van der Waals surface area (Å²) in [6.07, 6.45) is 0.